The Morgan fingerprint density at radius 1 is 1.43 bits per heavy atom. The molecule has 0 saturated heterocycles. The molecule has 0 amide bonds. The number of hydrogen-bond donors (Lipinski definition) is 0. The smallest absolute Gasteiger partial charge is 0.320 e. The lowest BCUT2D eigenvalue weighted by molar-refractivity contribution is 0.421. The fourth-order valence-electron chi connectivity index (χ4n) is 1.11. The van der Waals surface area contributed by atoms with E-state index in [4.69, 9.17) is 11.6 Å². The van der Waals surface area contributed by atoms with Gasteiger partial charge < -0.3 is 4.52 Å². The molecule has 0 atom stereocenters. The maximum absolute atomic E-state index is 5.53. The topological polar surface area (TPSA) is 38.9 Å². The summed E-state index contributed by atoms with van der Waals surface area (Å²) in [5, 5.41) is 3.78. The Morgan fingerprint density at radius 3 is 2.79 bits per heavy atom. The fraction of sp³-hybridized carbons (Fsp3) is 0.111. The van der Waals surface area contributed by atoms with Crippen LogP contribution in [0.25, 0.3) is 11.4 Å². The van der Waals surface area contributed by atoms with E-state index in [-0.39, 0.29) is 5.35 Å². The molecule has 72 valence electrons. The van der Waals surface area contributed by atoms with Crippen LogP contribution in [0.2, 0.25) is 5.35 Å². The van der Waals surface area contributed by atoms with E-state index in [1.54, 1.807) is 0 Å². The van der Waals surface area contributed by atoms with E-state index in [2.05, 4.69) is 30.6 Å². The first-order valence-corrected chi connectivity index (χ1v) is 5.09. The second kappa shape index (κ2) is 3.71. The van der Waals surface area contributed by atoms with Crippen LogP contribution in [-0.2, 0) is 0 Å². The maximum Gasteiger partial charge on any atom is 0.320 e. The number of benzene rings is 1. The molecule has 0 bridgehead atoms. The summed E-state index contributed by atoms with van der Waals surface area (Å²) in [6, 6.07) is 5.80. The predicted molar refractivity (Wildman–Crippen MR) is 57.2 cm³/mol. The van der Waals surface area contributed by atoms with Gasteiger partial charge in [-0.05, 0) is 42.3 Å². The van der Waals surface area contributed by atoms with Gasteiger partial charge in [0.05, 0.1) is 0 Å². The van der Waals surface area contributed by atoms with Crippen LogP contribution in [0.15, 0.2) is 27.2 Å². The van der Waals surface area contributed by atoms with Crippen LogP contribution >= 0.6 is 27.5 Å². The summed E-state index contributed by atoms with van der Waals surface area (Å²) in [4.78, 5) is 3.92. The molecule has 0 unspecified atom stereocenters. The van der Waals surface area contributed by atoms with Crippen LogP contribution < -0.4 is 0 Å². The summed E-state index contributed by atoms with van der Waals surface area (Å²) in [6.07, 6.45) is 0. The number of aryl methyl sites for hydroxylation is 1. The summed E-state index contributed by atoms with van der Waals surface area (Å²) in [5.41, 5.74) is 2.00. The first-order chi connectivity index (χ1) is 6.66. The van der Waals surface area contributed by atoms with Gasteiger partial charge in [-0.25, -0.2) is 0 Å². The van der Waals surface area contributed by atoms with Gasteiger partial charge in [0.25, 0.3) is 0 Å². The molecule has 0 aliphatic heterocycles. The molecule has 1 aromatic carbocycles. The molecule has 0 radical (unpaired) electrons. The van der Waals surface area contributed by atoms with E-state index < -0.39 is 0 Å². The van der Waals surface area contributed by atoms with Crippen molar-refractivity contribution < 1.29 is 4.52 Å². The molecule has 5 heteroatoms. The van der Waals surface area contributed by atoms with Crippen LogP contribution in [-0.4, -0.2) is 10.1 Å². The summed E-state index contributed by atoms with van der Waals surface area (Å²) in [7, 11) is 0. The van der Waals surface area contributed by atoms with Crippen molar-refractivity contribution in [2.75, 3.05) is 0 Å². The molecule has 2 aromatic rings. The highest BCUT2D eigenvalue weighted by Crippen LogP contribution is 2.23. The first-order valence-electron chi connectivity index (χ1n) is 3.92. The van der Waals surface area contributed by atoms with Crippen molar-refractivity contribution >= 4 is 27.5 Å². The van der Waals surface area contributed by atoms with Gasteiger partial charge in [0.1, 0.15) is 0 Å². The molecule has 1 heterocycles. The van der Waals surface area contributed by atoms with Gasteiger partial charge >= 0.3 is 5.35 Å². The lowest BCUT2D eigenvalue weighted by atomic mass is 10.1. The van der Waals surface area contributed by atoms with Crippen molar-refractivity contribution in [2.24, 2.45) is 0 Å². The van der Waals surface area contributed by atoms with Gasteiger partial charge in [-0.15, -0.1) is 0 Å². The number of hydrogen-bond acceptors (Lipinski definition) is 3. The Bertz CT molecular complexity index is 470. The zero-order valence-corrected chi connectivity index (χ0v) is 9.63. The zero-order valence-electron chi connectivity index (χ0n) is 7.29. The van der Waals surface area contributed by atoms with Gasteiger partial charge in [0.2, 0.25) is 5.82 Å². The number of aromatic nitrogens is 2. The standard InChI is InChI=1S/C9H6BrClN2O/c1-5-4-6(2-3-7(5)10)8-12-9(11)14-13-8/h2-4H,1H3. The van der Waals surface area contributed by atoms with Crippen LogP contribution in [0.1, 0.15) is 5.56 Å². The minimum Gasteiger partial charge on any atom is -0.321 e. The Labute approximate surface area is 94.2 Å². The summed E-state index contributed by atoms with van der Waals surface area (Å²) < 4.78 is 5.73. The van der Waals surface area contributed by atoms with E-state index in [0.29, 0.717) is 5.82 Å². The molecule has 2 rings (SSSR count). The van der Waals surface area contributed by atoms with Gasteiger partial charge in [-0.3, -0.25) is 0 Å². The third kappa shape index (κ3) is 1.81. The third-order valence-electron chi connectivity index (χ3n) is 1.82. The van der Waals surface area contributed by atoms with Crippen molar-refractivity contribution in [1.29, 1.82) is 0 Å². The lowest BCUT2D eigenvalue weighted by Crippen LogP contribution is -1.82. The number of halogens is 2. The molecule has 0 aliphatic carbocycles. The van der Waals surface area contributed by atoms with Crippen molar-refractivity contribution in [2.45, 2.75) is 6.92 Å². The van der Waals surface area contributed by atoms with Crippen LogP contribution in [0.3, 0.4) is 0 Å². The highest BCUT2D eigenvalue weighted by Gasteiger charge is 2.07. The average Bonchev–Trinajstić information content (AvgIpc) is 2.57. The molecular formula is C9H6BrClN2O. The number of nitrogens with zero attached hydrogens (tertiary/aromatic N) is 2. The molecule has 0 N–H and O–H groups in total. The molecule has 0 aliphatic rings. The molecular weight excluding hydrogens is 267 g/mol. The Kier molecular flexibility index (Phi) is 2.56. The predicted octanol–water partition coefficient (Wildman–Crippen LogP) is 3.46. The van der Waals surface area contributed by atoms with E-state index in [1.165, 1.54) is 0 Å². The second-order valence-electron chi connectivity index (χ2n) is 2.83. The van der Waals surface area contributed by atoms with Crippen molar-refractivity contribution in [3.8, 4) is 11.4 Å². The summed E-state index contributed by atoms with van der Waals surface area (Å²) >= 11 is 8.95. The second-order valence-corrected chi connectivity index (χ2v) is 4.01. The Hall–Kier alpha value is -0.870. The van der Waals surface area contributed by atoms with E-state index >= 15 is 0 Å². The minimum absolute atomic E-state index is 0.0561. The fourth-order valence-corrected chi connectivity index (χ4v) is 1.47. The van der Waals surface area contributed by atoms with E-state index in [9.17, 15) is 0 Å². The highest BCUT2D eigenvalue weighted by atomic mass is 79.9. The normalized spacial score (nSPS) is 10.5. The maximum atomic E-state index is 5.53. The molecule has 1 aromatic heterocycles. The van der Waals surface area contributed by atoms with Gasteiger partial charge in [-0.2, -0.15) is 4.98 Å². The summed E-state index contributed by atoms with van der Waals surface area (Å²) in [5.74, 6) is 0.505. The lowest BCUT2D eigenvalue weighted by Gasteiger charge is -1.99. The van der Waals surface area contributed by atoms with Gasteiger partial charge in [0, 0.05) is 10.0 Å². The molecule has 14 heavy (non-hydrogen) atoms. The average molecular weight is 274 g/mol. The quantitative estimate of drug-likeness (QED) is 0.798. The first kappa shape index (κ1) is 9.68. The molecule has 0 fully saturated rings. The van der Waals surface area contributed by atoms with Crippen LogP contribution in [0, 0.1) is 6.92 Å². The molecule has 0 spiro atoms. The highest BCUT2D eigenvalue weighted by molar-refractivity contribution is 9.10. The largest absolute Gasteiger partial charge is 0.321 e. The third-order valence-corrected chi connectivity index (χ3v) is 2.86. The van der Waals surface area contributed by atoms with E-state index in [0.717, 1.165) is 15.6 Å². The Morgan fingerprint density at radius 2 is 2.21 bits per heavy atom. The van der Waals surface area contributed by atoms with Gasteiger partial charge in [-0.1, -0.05) is 21.1 Å². The van der Waals surface area contributed by atoms with Crippen molar-refractivity contribution in [3.63, 3.8) is 0 Å². The zero-order chi connectivity index (χ0) is 10.1. The minimum atomic E-state index is 0.0561. The van der Waals surface area contributed by atoms with Crippen LogP contribution in [0.5, 0.6) is 0 Å². The van der Waals surface area contributed by atoms with Gasteiger partial charge in [0.15, 0.2) is 0 Å². The molecule has 0 saturated carbocycles. The van der Waals surface area contributed by atoms with Crippen molar-refractivity contribution in [1.82, 2.24) is 10.1 Å². The molecule has 3 nitrogen and oxygen atoms in total. The van der Waals surface area contributed by atoms with Crippen molar-refractivity contribution in [3.05, 3.63) is 33.6 Å². The monoisotopic (exact) mass is 272 g/mol. The SMILES string of the molecule is Cc1cc(-c2noc(Cl)n2)ccc1Br. The number of rotatable bonds is 1. The van der Waals surface area contributed by atoms with Crippen LogP contribution in [0.4, 0.5) is 0 Å². The van der Waals surface area contributed by atoms with E-state index in [1.807, 2.05) is 25.1 Å². The summed E-state index contributed by atoms with van der Waals surface area (Å²) in [6.45, 7) is 2.00. The Balaban J connectivity index is 2.47.